The predicted molar refractivity (Wildman–Crippen MR) is 56.9 cm³/mol. The van der Waals surface area contributed by atoms with Crippen LogP contribution in [0.2, 0.25) is 0 Å². The molecule has 0 bridgehead atoms. The average Bonchev–Trinajstić information content (AvgIpc) is 2.29. The maximum Gasteiger partial charge on any atom is 0.329 e. The Morgan fingerprint density at radius 2 is 2.44 bits per heavy atom. The van der Waals surface area contributed by atoms with Gasteiger partial charge in [0.15, 0.2) is 0 Å². The zero-order valence-corrected chi connectivity index (χ0v) is 8.64. The predicted octanol–water partition coefficient (Wildman–Crippen LogP) is -0.271. The lowest BCUT2D eigenvalue weighted by molar-refractivity contribution is -0.384. The summed E-state index contributed by atoms with van der Waals surface area (Å²) in [7, 11) is 1.53. The van der Waals surface area contributed by atoms with E-state index in [1.54, 1.807) is 0 Å². The van der Waals surface area contributed by atoms with E-state index in [-0.39, 0.29) is 17.5 Å². The van der Waals surface area contributed by atoms with Gasteiger partial charge in [-0.05, 0) is 0 Å². The number of nitrogens with one attached hydrogen (secondary N) is 2. The summed E-state index contributed by atoms with van der Waals surface area (Å²) in [4.78, 5) is 17.6. The van der Waals surface area contributed by atoms with Crippen LogP contribution in [0.1, 0.15) is 0 Å². The summed E-state index contributed by atoms with van der Waals surface area (Å²) in [6.07, 6.45) is 1.08. The van der Waals surface area contributed by atoms with Crippen LogP contribution >= 0.6 is 0 Å². The van der Waals surface area contributed by atoms with Crippen molar-refractivity contribution in [2.75, 3.05) is 31.0 Å². The molecule has 9 heteroatoms. The second-order valence-electron chi connectivity index (χ2n) is 2.75. The van der Waals surface area contributed by atoms with Crippen LogP contribution < -0.4 is 16.6 Å². The van der Waals surface area contributed by atoms with Crippen molar-refractivity contribution in [2.45, 2.75) is 0 Å². The second kappa shape index (κ2) is 5.78. The van der Waals surface area contributed by atoms with Gasteiger partial charge < -0.3 is 10.1 Å². The van der Waals surface area contributed by atoms with E-state index in [0.29, 0.717) is 13.2 Å². The average molecular weight is 228 g/mol. The van der Waals surface area contributed by atoms with Crippen molar-refractivity contribution in [1.82, 2.24) is 9.97 Å². The van der Waals surface area contributed by atoms with Crippen LogP contribution in [0.15, 0.2) is 6.20 Å². The van der Waals surface area contributed by atoms with Crippen LogP contribution in [0.5, 0.6) is 0 Å². The summed E-state index contributed by atoms with van der Waals surface area (Å²) in [6, 6.07) is 0. The SMILES string of the molecule is COCCNc1nc(NN)ncc1[N+](=O)[O-]. The monoisotopic (exact) mass is 228 g/mol. The van der Waals surface area contributed by atoms with Crippen molar-refractivity contribution in [1.29, 1.82) is 0 Å². The Bertz CT molecular complexity index is 371. The standard InChI is InChI=1S/C7H12N6O3/c1-16-3-2-9-6-5(13(14)15)4-10-7(11-6)12-8/h4H,2-3,8H2,1H3,(H2,9,10,11,12). The van der Waals surface area contributed by atoms with Crippen LogP contribution in [0, 0.1) is 10.1 Å². The first kappa shape index (κ1) is 12.1. The van der Waals surface area contributed by atoms with E-state index in [0.717, 1.165) is 6.20 Å². The zero-order chi connectivity index (χ0) is 12.0. The first-order valence-electron chi connectivity index (χ1n) is 4.40. The van der Waals surface area contributed by atoms with Gasteiger partial charge in [-0.2, -0.15) is 4.98 Å². The van der Waals surface area contributed by atoms with Gasteiger partial charge in [-0.25, -0.2) is 10.8 Å². The molecular formula is C7H12N6O3. The molecular weight excluding hydrogens is 216 g/mol. The van der Waals surface area contributed by atoms with E-state index in [4.69, 9.17) is 10.6 Å². The summed E-state index contributed by atoms with van der Waals surface area (Å²) in [5, 5.41) is 13.4. The molecule has 16 heavy (non-hydrogen) atoms. The van der Waals surface area contributed by atoms with Gasteiger partial charge >= 0.3 is 5.69 Å². The Labute approximate surface area is 91.1 Å². The molecule has 0 radical (unpaired) electrons. The number of methoxy groups -OCH3 is 1. The molecule has 9 nitrogen and oxygen atoms in total. The van der Waals surface area contributed by atoms with E-state index in [1.165, 1.54) is 7.11 Å². The van der Waals surface area contributed by atoms with Crippen molar-refractivity contribution in [3.63, 3.8) is 0 Å². The quantitative estimate of drug-likeness (QED) is 0.262. The summed E-state index contributed by atoms with van der Waals surface area (Å²) in [5.41, 5.74) is 1.99. The molecule has 0 spiro atoms. The Morgan fingerprint density at radius 3 is 3.00 bits per heavy atom. The van der Waals surface area contributed by atoms with Crippen LogP contribution in [-0.4, -0.2) is 35.2 Å². The number of hydrazine groups is 1. The highest BCUT2D eigenvalue weighted by Gasteiger charge is 2.16. The Morgan fingerprint density at radius 1 is 1.69 bits per heavy atom. The summed E-state index contributed by atoms with van der Waals surface area (Å²) in [5.74, 6) is 5.31. The maximum absolute atomic E-state index is 10.7. The lowest BCUT2D eigenvalue weighted by atomic mass is 10.4. The molecule has 0 amide bonds. The number of nitrogen functional groups attached to an aromatic ring is 1. The first-order valence-corrected chi connectivity index (χ1v) is 4.40. The molecule has 0 aromatic carbocycles. The van der Waals surface area contributed by atoms with E-state index < -0.39 is 4.92 Å². The summed E-state index contributed by atoms with van der Waals surface area (Å²) >= 11 is 0. The largest absolute Gasteiger partial charge is 0.383 e. The Hall–Kier alpha value is -2.00. The van der Waals surface area contributed by atoms with Gasteiger partial charge in [-0.15, -0.1) is 0 Å². The number of rotatable bonds is 6. The molecule has 0 unspecified atom stereocenters. The molecule has 0 fully saturated rings. The van der Waals surface area contributed by atoms with Gasteiger partial charge in [0.05, 0.1) is 11.5 Å². The number of ether oxygens (including phenoxy) is 1. The summed E-state index contributed by atoms with van der Waals surface area (Å²) in [6.45, 7) is 0.810. The molecule has 0 atom stereocenters. The highest BCUT2D eigenvalue weighted by Crippen LogP contribution is 2.21. The molecule has 1 aromatic rings. The molecule has 88 valence electrons. The molecule has 0 aliphatic heterocycles. The van der Waals surface area contributed by atoms with Crippen molar-refractivity contribution in [3.8, 4) is 0 Å². The van der Waals surface area contributed by atoms with Gasteiger partial charge in [0.25, 0.3) is 0 Å². The lowest BCUT2D eigenvalue weighted by Crippen LogP contribution is -2.15. The zero-order valence-electron chi connectivity index (χ0n) is 8.64. The van der Waals surface area contributed by atoms with Crippen molar-refractivity contribution < 1.29 is 9.66 Å². The molecule has 0 saturated carbocycles. The molecule has 1 heterocycles. The van der Waals surface area contributed by atoms with Crippen LogP contribution in [0.4, 0.5) is 17.5 Å². The first-order chi connectivity index (χ1) is 7.69. The molecule has 0 aliphatic carbocycles. The van der Waals surface area contributed by atoms with Crippen LogP contribution in [-0.2, 0) is 4.74 Å². The van der Waals surface area contributed by atoms with Gasteiger partial charge in [-0.1, -0.05) is 0 Å². The van der Waals surface area contributed by atoms with Crippen LogP contribution in [0.3, 0.4) is 0 Å². The normalized spacial score (nSPS) is 9.88. The van der Waals surface area contributed by atoms with Gasteiger partial charge in [0, 0.05) is 13.7 Å². The number of hydrogen-bond acceptors (Lipinski definition) is 8. The third-order valence-corrected chi connectivity index (χ3v) is 1.69. The molecule has 1 aromatic heterocycles. The fraction of sp³-hybridized carbons (Fsp3) is 0.429. The number of hydrogen-bond donors (Lipinski definition) is 3. The molecule has 0 aliphatic rings. The molecule has 4 N–H and O–H groups in total. The molecule has 0 saturated heterocycles. The number of anilines is 2. The summed E-state index contributed by atoms with van der Waals surface area (Å²) < 4.78 is 4.80. The van der Waals surface area contributed by atoms with Crippen molar-refractivity contribution in [2.24, 2.45) is 5.84 Å². The minimum atomic E-state index is -0.574. The highest BCUT2D eigenvalue weighted by molar-refractivity contribution is 5.56. The third-order valence-electron chi connectivity index (χ3n) is 1.69. The minimum Gasteiger partial charge on any atom is -0.383 e. The molecule has 1 rings (SSSR count). The maximum atomic E-state index is 10.7. The van der Waals surface area contributed by atoms with Gasteiger partial charge in [-0.3, -0.25) is 15.5 Å². The smallest absolute Gasteiger partial charge is 0.329 e. The second-order valence-corrected chi connectivity index (χ2v) is 2.75. The Balaban J connectivity index is 2.87. The van der Waals surface area contributed by atoms with E-state index in [9.17, 15) is 10.1 Å². The third kappa shape index (κ3) is 3.00. The minimum absolute atomic E-state index is 0.102. The van der Waals surface area contributed by atoms with E-state index >= 15 is 0 Å². The lowest BCUT2D eigenvalue weighted by Gasteiger charge is -2.06. The van der Waals surface area contributed by atoms with Gasteiger partial charge in [0.2, 0.25) is 11.8 Å². The fourth-order valence-electron chi connectivity index (χ4n) is 0.980. The van der Waals surface area contributed by atoms with E-state index in [2.05, 4.69) is 20.7 Å². The van der Waals surface area contributed by atoms with Crippen LogP contribution in [0.25, 0.3) is 0 Å². The highest BCUT2D eigenvalue weighted by atomic mass is 16.6. The number of nitro groups is 1. The number of nitrogens with two attached hydrogens (primary N) is 1. The van der Waals surface area contributed by atoms with E-state index in [1.807, 2.05) is 0 Å². The van der Waals surface area contributed by atoms with Crippen molar-refractivity contribution >= 4 is 17.5 Å². The fourth-order valence-corrected chi connectivity index (χ4v) is 0.980. The number of aromatic nitrogens is 2. The van der Waals surface area contributed by atoms with Gasteiger partial charge in [0.1, 0.15) is 6.20 Å². The van der Waals surface area contributed by atoms with Crippen molar-refractivity contribution in [3.05, 3.63) is 16.3 Å². The Kier molecular flexibility index (Phi) is 4.36. The number of nitrogens with zero attached hydrogens (tertiary/aromatic N) is 3. The topological polar surface area (TPSA) is 128 Å².